The Morgan fingerprint density at radius 3 is 2.70 bits per heavy atom. The highest BCUT2D eigenvalue weighted by Gasteiger charge is 2.29. The topological polar surface area (TPSA) is 91.3 Å². The Labute approximate surface area is 179 Å². The van der Waals surface area contributed by atoms with E-state index in [2.05, 4.69) is 5.32 Å². The fraction of sp³-hybridized carbons (Fsp3) is 0.882. The monoisotopic (exact) mass is 514 g/mol. The van der Waals surface area contributed by atoms with Gasteiger partial charge in [0.25, 0.3) is 0 Å². The van der Waals surface area contributed by atoms with Crippen molar-refractivity contribution in [3.05, 3.63) is 0 Å². The van der Waals surface area contributed by atoms with E-state index in [0.29, 0.717) is 32.0 Å². The van der Waals surface area contributed by atoms with Crippen LogP contribution < -0.4 is 5.32 Å². The second kappa shape index (κ2) is 10.2. The van der Waals surface area contributed by atoms with Gasteiger partial charge in [-0.15, -0.1) is 24.0 Å². The number of nitrogens with one attached hydrogen (secondary N) is 1. The van der Waals surface area contributed by atoms with Gasteiger partial charge in [0.15, 0.2) is 15.8 Å². The van der Waals surface area contributed by atoms with E-state index in [-0.39, 0.29) is 47.3 Å². The molecule has 3 fully saturated rings. The van der Waals surface area contributed by atoms with Crippen molar-refractivity contribution in [3.63, 3.8) is 0 Å². The molecule has 1 amide bonds. The van der Waals surface area contributed by atoms with Crippen LogP contribution in [0.3, 0.4) is 0 Å². The molecule has 3 heterocycles. The molecular weight excluding hydrogens is 483 g/mol. The lowest BCUT2D eigenvalue weighted by atomic mass is 10.1. The summed E-state index contributed by atoms with van der Waals surface area (Å²) in [5.41, 5.74) is 0. The fourth-order valence-electron chi connectivity index (χ4n) is 3.70. The number of nitrogens with zero attached hydrogens (tertiary/aromatic N) is 3. The quantitative estimate of drug-likeness (QED) is 0.320. The van der Waals surface area contributed by atoms with Gasteiger partial charge in [0.1, 0.15) is 0 Å². The summed E-state index contributed by atoms with van der Waals surface area (Å²) in [5.74, 6) is 1.87. The molecule has 0 saturated carbocycles. The number of likely N-dealkylation sites (N-methyl/N-ethyl adjacent to an activating group) is 1. The largest absolute Gasteiger partial charge is 0.381 e. The molecule has 156 valence electrons. The lowest BCUT2D eigenvalue weighted by Gasteiger charge is -2.36. The molecule has 0 aromatic heterocycles. The van der Waals surface area contributed by atoms with E-state index in [4.69, 9.17) is 9.73 Å². The molecule has 1 N–H and O–H groups in total. The number of guanidine groups is 1. The third-order valence-corrected chi connectivity index (χ3v) is 7.24. The van der Waals surface area contributed by atoms with E-state index in [1.54, 1.807) is 0 Å². The normalized spacial score (nSPS) is 28.3. The summed E-state index contributed by atoms with van der Waals surface area (Å²) < 4.78 is 28.7. The first-order chi connectivity index (χ1) is 12.5. The van der Waals surface area contributed by atoms with Gasteiger partial charge in [0.2, 0.25) is 5.91 Å². The van der Waals surface area contributed by atoms with E-state index in [9.17, 15) is 13.2 Å². The van der Waals surface area contributed by atoms with Gasteiger partial charge < -0.3 is 19.9 Å². The summed E-state index contributed by atoms with van der Waals surface area (Å²) in [6, 6.07) is 0. The standard InChI is InChI=1S/C17H30N4O4S.HI/c1-2-20-5-6-21(11-16(20)22)17(18-9-14-3-7-25-12-14)19-10-15-4-8-26(23,24)13-15;/h14-15H,2-13H2,1H3,(H,18,19);1H. The van der Waals surface area contributed by atoms with Crippen molar-refractivity contribution in [2.24, 2.45) is 16.8 Å². The minimum atomic E-state index is -2.89. The number of hydrogen-bond donors (Lipinski definition) is 1. The first-order valence-corrected chi connectivity index (χ1v) is 11.4. The van der Waals surface area contributed by atoms with Crippen molar-refractivity contribution >= 4 is 45.7 Å². The van der Waals surface area contributed by atoms with Crippen LogP contribution in [0, 0.1) is 11.8 Å². The minimum absolute atomic E-state index is 0. The number of sulfone groups is 1. The van der Waals surface area contributed by atoms with Crippen LogP contribution in [0.5, 0.6) is 0 Å². The number of carbonyl (C=O) groups excluding carboxylic acids is 1. The third kappa shape index (κ3) is 6.45. The molecule has 2 unspecified atom stereocenters. The number of ether oxygens (including phenoxy) is 1. The predicted molar refractivity (Wildman–Crippen MR) is 115 cm³/mol. The van der Waals surface area contributed by atoms with Gasteiger partial charge in [0, 0.05) is 45.2 Å². The van der Waals surface area contributed by atoms with E-state index in [1.807, 2.05) is 16.7 Å². The summed E-state index contributed by atoms with van der Waals surface area (Å²) in [5, 5.41) is 3.41. The maximum Gasteiger partial charge on any atom is 0.242 e. The molecule has 3 aliphatic rings. The van der Waals surface area contributed by atoms with Crippen molar-refractivity contribution in [1.82, 2.24) is 15.1 Å². The number of amides is 1. The Morgan fingerprint density at radius 1 is 1.30 bits per heavy atom. The second-order valence-electron chi connectivity index (χ2n) is 7.44. The Kier molecular flexibility index (Phi) is 8.60. The first-order valence-electron chi connectivity index (χ1n) is 9.56. The van der Waals surface area contributed by atoms with Gasteiger partial charge in [-0.3, -0.25) is 9.79 Å². The molecule has 0 aromatic carbocycles. The third-order valence-electron chi connectivity index (χ3n) is 5.40. The molecule has 0 aliphatic carbocycles. The van der Waals surface area contributed by atoms with Crippen molar-refractivity contribution in [2.45, 2.75) is 19.8 Å². The van der Waals surface area contributed by atoms with E-state index >= 15 is 0 Å². The molecule has 10 heteroatoms. The van der Waals surface area contributed by atoms with E-state index in [1.165, 1.54) is 0 Å². The molecule has 3 aliphatic heterocycles. The minimum Gasteiger partial charge on any atom is -0.381 e. The molecular formula is C17H31IN4O4S. The Balaban J connectivity index is 0.00000261. The van der Waals surface area contributed by atoms with Crippen molar-refractivity contribution in [3.8, 4) is 0 Å². The lowest BCUT2D eigenvalue weighted by molar-refractivity contribution is -0.134. The van der Waals surface area contributed by atoms with E-state index < -0.39 is 9.84 Å². The maximum atomic E-state index is 12.2. The average molecular weight is 514 g/mol. The zero-order chi connectivity index (χ0) is 18.6. The molecule has 8 nitrogen and oxygen atoms in total. The summed E-state index contributed by atoms with van der Waals surface area (Å²) >= 11 is 0. The van der Waals surface area contributed by atoms with Gasteiger partial charge in [-0.05, 0) is 25.7 Å². The number of rotatable bonds is 5. The van der Waals surface area contributed by atoms with Crippen LogP contribution >= 0.6 is 24.0 Å². The molecule has 0 spiro atoms. The number of carbonyl (C=O) groups is 1. The van der Waals surface area contributed by atoms with Crippen LogP contribution in [0.1, 0.15) is 19.8 Å². The van der Waals surface area contributed by atoms with E-state index in [0.717, 1.165) is 45.2 Å². The maximum absolute atomic E-state index is 12.2. The molecule has 0 bridgehead atoms. The summed E-state index contributed by atoms with van der Waals surface area (Å²) in [6.45, 7) is 7.29. The summed E-state index contributed by atoms with van der Waals surface area (Å²) in [6.07, 6.45) is 1.71. The highest BCUT2D eigenvalue weighted by Crippen LogP contribution is 2.19. The van der Waals surface area contributed by atoms with Crippen molar-refractivity contribution in [1.29, 1.82) is 0 Å². The fourth-order valence-corrected chi connectivity index (χ4v) is 5.55. The predicted octanol–water partition coefficient (Wildman–Crippen LogP) is 0.185. The number of halogens is 1. The molecule has 2 atom stereocenters. The summed E-state index contributed by atoms with van der Waals surface area (Å²) in [4.78, 5) is 20.8. The van der Waals surface area contributed by atoms with Crippen LogP contribution in [-0.4, -0.2) is 94.1 Å². The van der Waals surface area contributed by atoms with Crippen LogP contribution in [0.4, 0.5) is 0 Å². The van der Waals surface area contributed by atoms with Crippen LogP contribution in [-0.2, 0) is 19.4 Å². The highest BCUT2D eigenvalue weighted by atomic mass is 127. The lowest BCUT2D eigenvalue weighted by Crippen LogP contribution is -2.55. The molecule has 0 aromatic rings. The van der Waals surface area contributed by atoms with Crippen LogP contribution in [0.15, 0.2) is 4.99 Å². The Bertz CT molecular complexity index is 637. The molecule has 3 saturated heterocycles. The van der Waals surface area contributed by atoms with Crippen LogP contribution in [0.2, 0.25) is 0 Å². The number of aliphatic imine (C=N–C) groups is 1. The van der Waals surface area contributed by atoms with Gasteiger partial charge >= 0.3 is 0 Å². The smallest absolute Gasteiger partial charge is 0.242 e. The molecule has 0 radical (unpaired) electrons. The second-order valence-corrected chi connectivity index (χ2v) is 9.67. The number of piperazine rings is 1. The van der Waals surface area contributed by atoms with Gasteiger partial charge in [-0.2, -0.15) is 0 Å². The zero-order valence-corrected chi connectivity index (χ0v) is 19.1. The molecule has 27 heavy (non-hydrogen) atoms. The van der Waals surface area contributed by atoms with Gasteiger partial charge in [-0.25, -0.2) is 8.42 Å². The number of hydrogen-bond acceptors (Lipinski definition) is 5. The molecule has 3 rings (SSSR count). The van der Waals surface area contributed by atoms with Crippen molar-refractivity contribution in [2.75, 3.05) is 64.0 Å². The van der Waals surface area contributed by atoms with Gasteiger partial charge in [0.05, 0.1) is 24.7 Å². The zero-order valence-electron chi connectivity index (χ0n) is 15.9. The SMILES string of the molecule is CCN1CCN(C(=NCC2CCS(=O)(=O)C2)NCC2CCOC2)CC1=O.I. The highest BCUT2D eigenvalue weighted by molar-refractivity contribution is 14.0. The van der Waals surface area contributed by atoms with Crippen molar-refractivity contribution < 1.29 is 17.9 Å². The van der Waals surface area contributed by atoms with Crippen LogP contribution in [0.25, 0.3) is 0 Å². The average Bonchev–Trinajstić information content (AvgIpc) is 3.24. The first kappa shape index (κ1) is 22.7. The summed E-state index contributed by atoms with van der Waals surface area (Å²) in [7, 11) is -2.89. The Morgan fingerprint density at radius 2 is 2.11 bits per heavy atom. The Hall–Kier alpha value is -0.620. The van der Waals surface area contributed by atoms with Gasteiger partial charge in [-0.1, -0.05) is 0 Å².